The smallest absolute Gasteiger partial charge is 0.229 e. The summed E-state index contributed by atoms with van der Waals surface area (Å²) in [5.41, 5.74) is 7.64. The predicted molar refractivity (Wildman–Crippen MR) is 97.0 cm³/mol. The molecule has 6 nitrogen and oxygen atoms in total. The van der Waals surface area contributed by atoms with Gasteiger partial charge >= 0.3 is 0 Å². The molecule has 6 heteroatoms. The van der Waals surface area contributed by atoms with Gasteiger partial charge in [-0.05, 0) is 56.9 Å². The van der Waals surface area contributed by atoms with E-state index in [-0.39, 0.29) is 11.8 Å². The Bertz CT molecular complexity index is 760. The Balaban J connectivity index is 1.43. The number of hydrogen-bond donors (Lipinski definition) is 3. The molecule has 0 bridgehead atoms. The van der Waals surface area contributed by atoms with Crippen molar-refractivity contribution in [2.75, 3.05) is 5.32 Å². The van der Waals surface area contributed by atoms with Crippen LogP contribution in [0.4, 0.5) is 5.69 Å². The molecule has 2 unspecified atom stereocenters. The number of anilines is 1. The number of rotatable bonds is 4. The Labute approximate surface area is 147 Å². The maximum atomic E-state index is 12.6. The summed E-state index contributed by atoms with van der Waals surface area (Å²) in [5.74, 6) is 2.13. The molecule has 2 aromatic rings. The van der Waals surface area contributed by atoms with Crippen molar-refractivity contribution in [1.29, 1.82) is 0 Å². The third kappa shape index (κ3) is 3.44. The van der Waals surface area contributed by atoms with E-state index in [2.05, 4.69) is 20.5 Å². The zero-order valence-electron chi connectivity index (χ0n) is 14.6. The molecular weight excluding hydrogens is 314 g/mol. The minimum Gasteiger partial charge on any atom is -0.326 e. The molecule has 0 radical (unpaired) electrons. The summed E-state index contributed by atoms with van der Waals surface area (Å²) < 4.78 is 0. The molecule has 1 aromatic carbocycles. The lowest BCUT2D eigenvalue weighted by Crippen LogP contribution is -2.51. The van der Waals surface area contributed by atoms with E-state index in [1.54, 1.807) is 0 Å². The highest BCUT2D eigenvalue weighted by atomic mass is 16.1. The number of nitrogens with two attached hydrogens (primary N) is 1. The maximum Gasteiger partial charge on any atom is 0.229 e. The Morgan fingerprint density at radius 1 is 1.24 bits per heavy atom. The van der Waals surface area contributed by atoms with E-state index >= 15 is 0 Å². The number of aromatic nitrogens is 3. The van der Waals surface area contributed by atoms with Crippen LogP contribution < -0.4 is 11.1 Å². The number of hydrogen-bond acceptors (Lipinski definition) is 4. The Kier molecular flexibility index (Phi) is 4.07. The van der Waals surface area contributed by atoms with Gasteiger partial charge in [-0.2, -0.15) is 5.10 Å². The van der Waals surface area contributed by atoms with Crippen LogP contribution >= 0.6 is 0 Å². The van der Waals surface area contributed by atoms with Crippen LogP contribution in [0.15, 0.2) is 24.3 Å². The summed E-state index contributed by atoms with van der Waals surface area (Å²) in [7, 11) is 0. The summed E-state index contributed by atoms with van der Waals surface area (Å²) in [5, 5.41) is 10.3. The van der Waals surface area contributed by atoms with Crippen LogP contribution in [0.3, 0.4) is 0 Å². The molecule has 2 atom stereocenters. The number of aromatic amines is 1. The van der Waals surface area contributed by atoms with E-state index in [0.717, 1.165) is 42.8 Å². The van der Waals surface area contributed by atoms with Crippen molar-refractivity contribution < 1.29 is 4.79 Å². The van der Waals surface area contributed by atoms with Crippen LogP contribution in [0.1, 0.15) is 57.2 Å². The van der Waals surface area contributed by atoms with Gasteiger partial charge in [-0.15, -0.1) is 0 Å². The first-order chi connectivity index (χ1) is 12.0. The van der Waals surface area contributed by atoms with Gasteiger partial charge in [-0.25, -0.2) is 4.98 Å². The van der Waals surface area contributed by atoms with Gasteiger partial charge in [-0.3, -0.25) is 9.89 Å². The first-order valence-electron chi connectivity index (χ1n) is 9.15. The highest BCUT2D eigenvalue weighted by Crippen LogP contribution is 2.38. The number of benzene rings is 1. The maximum absolute atomic E-state index is 12.6. The molecule has 1 heterocycles. The van der Waals surface area contributed by atoms with Crippen molar-refractivity contribution in [2.45, 2.75) is 56.9 Å². The van der Waals surface area contributed by atoms with E-state index in [1.165, 1.54) is 12.8 Å². The van der Waals surface area contributed by atoms with E-state index in [0.29, 0.717) is 11.7 Å². The molecule has 132 valence electrons. The standard InChI is InChI=1S/C19H25N5O/c1-19(20)11-3-2-4-15(19)18(25)21-14-9-7-13(8-10-14)17-22-16(23-24-17)12-5-6-12/h7-10,12,15H,2-6,11,20H2,1H3,(H,21,25)(H,22,23,24). The number of carbonyl (C=O) groups excluding carboxylic acids is 1. The molecule has 4 N–H and O–H groups in total. The Hall–Kier alpha value is -2.21. The molecule has 0 spiro atoms. The fourth-order valence-electron chi connectivity index (χ4n) is 3.66. The van der Waals surface area contributed by atoms with Gasteiger partial charge in [0.25, 0.3) is 0 Å². The fraction of sp³-hybridized carbons (Fsp3) is 0.526. The van der Waals surface area contributed by atoms with Crippen molar-refractivity contribution in [3.05, 3.63) is 30.1 Å². The summed E-state index contributed by atoms with van der Waals surface area (Å²) >= 11 is 0. The highest BCUT2D eigenvalue weighted by molar-refractivity contribution is 5.93. The zero-order chi connectivity index (χ0) is 17.4. The molecule has 2 fully saturated rings. The van der Waals surface area contributed by atoms with Crippen LogP contribution in [0.5, 0.6) is 0 Å². The summed E-state index contributed by atoms with van der Waals surface area (Å²) in [6.07, 6.45) is 6.32. The number of nitrogens with one attached hydrogen (secondary N) is 2. The molecule has 1 amide bonds. The largest absolute Gasteiger partial charge is 0.326 e. The first kappa shape index (κ1) is 16.3. The zero-order valence-corrected chi connectivity index (χ0v) is 14.6. The third-order valence-electron chi connectivity index (χ3n) is 5.45. The van der Waals surface area contributed by atoms with Crippen LogP contribution in [0.2, 0.25) is 0 Å². The second-order valence-electron chi connectivity index (χ2n) is 7.69. The number of carbonyl (C=O) groups is 1. The fourth-order valence-corrected chi connectivity index (χ4v) is 3.66. The minimum absolute atomic E-state index is 0.0198. The molecule has 25 heavy (non-hydrogen) atoms. The lowest BCUT2D eigenvalue weighted by molar-refractivity contribution is -0.122. The van der Waals surface area contributed by atoms with E-state index < -0.39 is 5.54 Å². The van der Waals surface area contributed by atoms with Crippen molar-refractivity contribution >= 4 is 11.6 Å². The van der Waals surface area contributed by atoms with Gasteiger partial charge in [0.15, 0.2) is 5.82 Å². The molecular formula is C19H25N5O. The average molecular weight is 339 g/mol. The molecule has 4 rings (SSSR count). The van der Waals surface area contributed by atoms with Crippen molar-refractivity contribution in [2.24, 2.45) is 11.7 Å². The average Bonchev–Trinajstić information content (AvgIpc) is 3.32. The molecule has 0 saturated heterocycles. The summed E-state index contributed by atoms with van der Waals surface area (Å²) in [4.78, 5) is 17.2. The van der Waals surface area contributed by atoms with Crippen LogP contribution in [0.25, 0.3) is 11.4 Å². The lowest BCUT2D eigenvalue weighted by Gasteiger charge is -2.37. The van der Waals surface area contributed by atoms with Crippen molar-refractivity contribution in [1.82, 2.24) is 15.2 Å². The Morgan fingerprint density at radius 3 is 2.68 bits per heavy atom. The van der Waals surface area contributed by atoms with Gasteiger partial charge in [0, 0.05) is 22.7 Å². The summed E-state index contributed by atoms with van der Waals surface area (Å²) in [6.45, 7) is 1.99. The van der Waals surface area contributed by atoms with Gasteiger partial charge in [0.1, 0.15) is 5.82 Å². The number of nitrogens with zero attached hydrogens (tertiary/aromatic N) is 2. The van der Waals surface area contributed by atoms with Gasteiger partial charge < -0.3 is 11.1 Å². The molecule has 2 aliphatic carbocycles. The summed E-state index contributed by atoms with van der Waals surface area (Å²) in [6, 6.07) is 7.68. The van der Waals surface area contributed by atoms with Crippen molar-refractivity contribution in [3.8, 4) is 11.4 Å². The molecule has 2 aliphatic rings. The quantitative estimate of drug-likeness (QED) is 0.797. The predicted octanol–water partition coefficient (Wildman–Crippen LogP) is 3.20. The lowest BCUT2D eigenvalue weighted by atomic mass is 9.74. The topological polar surface area (TPSA) is 96.7 Å². The second kappa shape index (κ2) is 6.26. The first-order valence-corrected chi connectivity index (χ1v) is 9.15. The molecule has 1 aromatic heterocycles. The van der Waals surface area contributed by atoms with Crippen molar-refractivity contribution in [3.63, 3.8) is 0 Å². The Morgan fingerprint density at radius 2 is 2.00 bits per heavy atom. The SMILES string of the molecule is CC1(N)CCCCC1C(=O)Nc1ccc(-c2n[nH]c(C3CC3)n2)cc1. The van der Waals surface area contributed by atoms with Gasteiger partial charge in [0.2, 0.25) is 5.91 Å². The highest BCUT2D eigenvalue weighted by Gasteiger charge is 2.37. The van der Waals surface area contributed by atoms with E-state index in [1.807, 2.05) is 31.2 Å². The van der Waals surface area contributed by atoms with Gasteiger partial charge in [-0.1, -0.05) is 12.8 Å². The molecule has 2 saturated carbocycles. The minimum atomic E-state index is -0.416. The second-order valence-corrected chi connectivity index (χ2v) is 7.69. The third-order valence-corrected chi connectivity index (χ3v) is 5.45. The number of amides is 1. The molecule has 0 aliphatic heterocycles. The van der Waals surface area contributed by atoms with Crippen LogP contribution in [-0.2, 0) is 4.79 Å². The van der Waals surface area contributed by atoms with Crippen LogP contribution in [0, 0.1) is 5.92 Å². The van der Waals surface area contributed by atoms with E-state index in [9.17, 15) is 4.79 Å². The van der Waals surface area contributed by atoms with E-state index in [4.69, 9.17) is 5.73 Å². The van der Waals surface area contributed by atoms with Gasteiger partial charge in [0.05, 0.1) is 5.92 Å². The van der Waals surface area contributed by atoms with Crippen LogP contribution in [-0.4, -0.2) is 26.6 Å². The number of H-pyrrole nitrogens is 1. The monoisotopic (exact) mass is 339 g/mol. The normalized spacial score (nSPS) is 26.4.